The summed E-state index contributed by atoms with van der Waals surface area (Å²) < 4.78 is 19.3. The Morgan fingerprint density at radius 2 is 1.10 bits per heavy atom. The average molecular weight is 286 g/mol. The number of carbonyl (C=O) groups is 2. The number of hydrogen-bond acceptors (Lipinski definition) is 6. The van der Waals surface area contributed by atoms with Crippen LogP contribution in [0.3, 0.4) is 0 Å². The number of nitrogens with zero attached hydrogens (tertiary/aromatic N) is 4. The van der Waals surface area contributed by atoms with Gasteiger partial charge in [0.25, 0.3) is 0 Å². The second kappa shape index (κ2) is 13.1. The fourth-order valence-electron chi connectivity index (χ4n) is 0.893. The Labute approximate surface area is 114 Å². The fourth-order valence-corrected chi connectivity index (χ4v) is 0.893. The zero-order valence-electron chi connectivity index (χ0n) is 10.6. The molecule has 0 aliphatic rings. The van der Waals surface area contributed by atoms with Gasteiger partial charge >= 0.3 is 24.4 Å². The monoisotopic (exact) mass is 286 g/mol. The highest BCUT2D eigenvalue weighted by molar-refractivity contribution is 6.20. The minimum atomic E-state index is -0.763. The van der Waals surface area contributed by atoms with Gasteiger partial charge in [0.1, 0.15) is 13.2 Å². The molecule has 0 rings (SSSR count). The Kier molecular flexibility index (Phi) is 11.5. The van der Waals surface area contributed by atoms with Gasteiger partial charge in [-0.25, -0.2) is 9.59 Å². The molecule has 10 heteroatoms. The van der Waals surface area contributed by atoms with Crippen LogP contribution in [-0.2, 0) is 28.5 Å². The van der Waals surface area contributed by atoms with Crippen molar-refractivity contribution in [3.8, 4) is 0 Å². The van der Waals surface area contributed by atoms with Gasteiger partial charge in [0.15, 0.2) is 0 Å². The van der Waals surface area contributed by atoms with Gasteiger partial charge in [0, 0.05) is 0 Å². The predicted molar refractivity (Wildman–Crippen MR) is 62.9 cm³/mol. The third-order valence-corrected chi connectivity index (χ3v) is 1.64. The van der Waals surface area contributed by atoms with Crippen LogP contribution in [0.25, 0.3) is 11.1 Å². The maximum Gasteiger partial charge on any atom is 0.413 e. The van der Waals surface area contributed by atoms with Crippen molar-refractivity contribution in [2.45, 2.75) is 0 Å². The summed E-state index contributed by atoms with van der Waals surface area (Å²) in [6.45, 7) is 0.966. The fraction of sp³-hybridized carbons (Fsp3) is 0.600. The number of ether oxygens (including phenoxy) is 4. The van der Waals surface area contributed by atoms with Crippen molar-refractivity contribution in [2.75, 3.05) is 39.6 Å². The van der Waals surface area contributed by atoms with Crippen LogP contribution in [0.5, 0.6) is 0 Å². The van der Waals surface area contributed by atoms with Gasteiger partial charge in [-0.2, -0.15) is 9.58 Å². The quantitative estimate of drug-likeness (QED) is 0.152. The van der Waals surface area contributed by atoms with E-state index < -0.39 is 11.9 Å². The third-order valence-electron chi connectivity index (χ3n) is 1.64. The maximum absolute atomic E-state index is 10.7. The Morgan fingerprint density at radius 3 is 1.45 bits per heavy atom. The van der Waals surface area contributed by atoms with Crippen molar-refractivity contribution in [1.29, 1.82) is 0 Å². The molecule has 0 saturated heterocycles. The molecule has 0 fully saturated rings. The Balaban J connectivity index is 3.25. The first-order chi connectivity index (χ1) is 9.70. The van der Waals surface area contributed by atoms with Gasteiger partial charge in [-0.3, -0.25) is 0 Å². The number of esters is 2. The summed E-state index contributed by atoms with van der Waals surface area (Å²) in [6.07, 6.45) is 1.26. The summed E-state index contributed by atoms with van der Waals surface area (Å²) in [6, 6.07) is 0. The standard InChI is InChI=1S/C10H14N4O6/c11-13-7-9(15)19-5-3-17-1-2-18-4-6-20-10(16)8-14-12/h7-8H,1-6H2. The second-order valence-corrected chi connectivity index (χ2v) is 3.05. The largest absolute Gasteiger partial charge is 0.455 e. The molecule has 10 nitrogen and oxygen atoms in total. The van der Waals surface area contributed by atoms with E-state index in [1.165, 1.54) is 0 Å². The molecule has 0 saturated carbocycles. The summed E-state index contributed by atoms with van der Waals surface area (Å²) in [5.74, 6) is -1.53. The lowest BCUT2D eigenvalue weighted by atomic mass is 10.7. The van der Waals surface area contributed by atoms with Gasteiger partial charge in [-0.15, -0.1) is 0 Å². The summed E-state index contributed by atoms with van der Waals surface area (Å²) in [4.78, 5) is 26.3. The SMILES string of the molecule is [N-]=[N+]=CC(=O)OCCOCCOCCOC(=O)C=[N+]=[N-]. The van der Waals surface area contributed by atoms with Crippen LogP contribution < -0.4 is 0 Å². The molecule has 0 aromatic heterocycles. The van der Waals surface area contributed by atoms with Crippen molar-refractivity contribution in [3.05, 3.63) is 11.1 Å². The first kappa shape index (κ1) is 17.6. The van der Waals surface area contributed by atoms with Crippen molar-refractivity contribution >= 4 is 24.4 Å². The summed E-state index contributed by atoms with van der Waals surface area (Å²) in [7, 11) is 0. The van der Waals surface area contributed by atoms with Crippen LogP contribution in [0.2, 0.25) is 0 Å². The number of hydrogen-bond donors (Lipinski definition) is 0. The third kappa shape index (κ3) is 12.1. The highest BCUT2D eigenvalue weighted by atomic mass is 16.6. The molecule has 110 valence electrons. The van der Waals surface area contributed by atoms with E-state index in [2.05, 4.69) is 19.1 Å². The van der Waals surface area contributed by atoms with Crippen molar-refractivity contribution in [1.82, 2.24) is 0 Å². The minimum absolute atomic E-state index is 0.0307. The smallest absolute Gasteiger partial charge is 0.413 e. The molecule has 0 bridgehead atoms. The Bertz CT molecular complexity index is 363. The first-order valence-electron chi connectivity index (χ1n) is 5.54. The lowest BCUT2D eigenvalue weighted by Gasteiger charge is -2.05. The van der Waals surface area contributed by atoms with E-state index in [0.29, 0.717) is 12.4 Å². The molecule has 0 heterocycles. The van der Waals surface area contributed by atoms with E-state index in [1.807, 2.05) is 0 Å². The van der Waals surface area contributed by atoms with Crippen LogP contribution in [0.1, 0.15) is 0 Å². The molecule has 0 amide bonds. The molecule has 0 aliphatic heterocycles. The lowest BCUT2D eigenvalue weighted by molar-refractivity contribution is -0.142. The summed E-state index contributed by atoms with van der Waals surface area (Å²) in [5.41, 5.74) is 16.0. The summed E-state index contributed by atoms with van der Waals surface area (Å²) in [5, 5.41) is 0. The molecule has 0 radical (unpaired) electrons. The zero-order valence-corrected chi connectivity index (χ0v) is 10.6. The van der Waals surface area contributed by atoms with Crippen LogP contribution in [0.15, 0.2) is 0 Å². The van der Waals surface area contributed by atoms with E-state index in [1.54, 1.807) is 0 Å². The molecule has 0 aromatic rings. The molecule has 0 N–H and O–H groups in total. The molecule has 0 spiro atoms. The Morgan fingerprint density at radius 1 is 0.750 bits per heavy atom. The number of carbonyl (C=O) groups excluding carboxylic acids is 2. The average Bonchev–Trinajstić information content (AvgIpc) is 2.41. The highest BCUT2D eigenvalue weighted by Gasteiger charge is 2.03. The van der Waals surface area contributed by atoms with Gasteiger partial charge in [-0.1, -0.05) is 0 Å². The first-order valence-corrected chi connectivity index (χ1v) is 5.54. The van der Waals surface area contributed by atoms with E-state index in [0.717, 1.165) is 0 Å². The van der Waals surface area contributed by atoms with Crippen molar-refractivity contribution in [3.63, 3.8) is 0 Å². The molecular formula is C10H14N4O6. The van der Waals surface area contributed by atoms with Gasteiger partial charge in [-0.05, 0) is 0 Å². The van der Waals surface area contributed by atoms with Crippen LogP contribution in [0, 0.1) is 0 Å². The maximum atomic E-state index is 10.7. The molecule has 0 aromatic carbocycles. The van der Waals surface area contributed by atoms with Gasteiger partial charge in [0.05, 0.1) is 26.4 Å². The van der Waals surface area contributed by atoms with Gasteiger partial charge in [0.2, 0.25) is 0 Å². The van der Waals surface area contributed by atoms with Crippen LogP contribution in [-0.4, -0.2) is 73.6 Å². The van der Waals surface area contributed by atoms with E-state index in [-0.39, 0.29) is 39.6 Å². The molecule has 0 atom stereocenters. The van der Waals surface area contributed by atoms with E-state index in [9.17, 15) is 9.59 Å². The van der Waals surface area contributed by atoms with Gasteiger partial charge < -0.3 is 30.0 Å². The predicted octanol–water partition coefficient (Wildman–Crippen LogP) is -1.29. The van der Waals surface area contributed by atoms with E-state index in [4.69, 9.17) is 20.5 Å². The zero-order chi connectivity index (χ0) is 15.1. The Hall–Kier alpha value is -2.38. The summed E-state index contributed by atoms with van der Waals surface area (Å²) >= 11 is 0. The van der Waals surface area contributed by atoms with Crippen molar-refractivity contribution in [2.24, 2.45) is 0 Å². The van der Waals surface area contributed by atoms with E-state index >= 15 is 0 Å². The van der Waals surface area contributed by atoms with Crippen LogP contribution in [0.4, 0.5) is 0 Å². The molecule has 0 unspecified atom stereocenters. The molecular weight excluding hydrogens is 272 g/mol. The minimum Gasteiger partial charge on any atom is -0.455 e. The molecule has 0 aliphatic carbocycles. The normalized spacial score (nSPS) is 9.00. The topological polar surface area (TPSA) is 144 Å². The highest BCUT2D eigenvalue weighted by Crippen LogP contribution is 1.82. The number of rotatable bonds is 11. The van der Waals surface area contributed by atoms with Crippen LogP contribution >= 0.6 is 0 Å². The second-order valence-electron chi connectivity index (χ2n) is 3.05. The molecule has 20 heavy (non-hydrogen) atoms. The lowest BCUT2D eigenvalue weighted by Crippen LogP contribution is -2.15. The van der Waals surface area contributed by atoms with Crippen molar-refractivity contribution < 1.29 is 38.1 Å².